The Morgan fingerprint density at radius 2 is 1.75 bits per heavy atom. The second kappa shape index (κ2) is 8.37. The molecule has 7 nitrogen and oxygen atoms in total. The molecule has 0 spiro atoms. The van der Waals surface area contributed by atoms with Crippen molar-refractivity contribution in [1.82, 2.24) is 15.2 Å². The summed E-state index contributed by atoms with van der Waals surface area (Å²) in [7, 11) is 0.0380. The summed E-state index contributed by atoms with van der Waals surface area (Å²) in [4.78, 5) is 18.4. The standard InChI is InChI=1S/C20H22N4O3S/c1-24(2)14-13-22-20(25)16-8-10-17(11-9-16)28(26,27)23-18-7-3-5-15-6-4-12-21-19(15)18/h3-12,23H,13-14H2,1-2H3,(H,22,25). The van der Waals surface area contributed by atoms with E-state index in [1.54, 1.807) is 24.4 Å². The number of hydrogen-bond donors (Lipinski definition) is 2. The lowest BCUT2D eigenvalue weighted by molar-refractivity contribution is 0.0951. The predicted octanol–water partition coefficient (Wildman–Crippen LogP) is 2.33. The fourth-order valence-electron chi connectivity index (χ4n) is 2.67. The highest BCUT2D eigenvalue weighted by molar-refractivity contribution is 7.92. The number of benzene rings is 2. The molecule has 28 heavy (non-hydrogen) atoms. The second-order valence-corrected chi connectivity index (χ2v) is 8.25. The number of aromatic nitrogens is 1. The third kappa shape index (κ3) is 4.65. The van der Waals surface area contributed by atoms with Crippen LogP contribution >= 0.6 is 0 Å². The van der Waals surface area contributed by atoms with Crippen LogP contribution < -0.4 is 10.0 Å². The number of likely N-dealkylation sites (N-methyl/N-ethyl adjacent to an activating group) is 1. The van der Waals surface area contributed by atoms with Gasteiger partial charge in [-0.2, -0.15) is 0 Å². The molecule has 3 aromatic rings. The first kappa shape index (κ1) is 19.8. The monoisotopic (exact) mass is 398 g/mol. The van der Waals surface area contributed by atoms with Gasteiger partial charge in [-0.15, -0.1) is 0 Å². The summed E-state index contributed by atoms with van der Waals surface area (Å²) in [6.45, 7) is 1.24. The summed E-state index contributed by atoms with van der Waals surface area (Å²) < 4.78 is 28.0. The lowest BCUT2D eigenvalue weighted by Crippen LogP contribution is -2.31. The van der Waals surface area contributed by atoms with Crippen LogP contribution in [0.3, 0.4) is 0 Å². The van der Waals surface area contributed by atoms with Gasteiger partial charge in [-0.25, -0.2) is 8.42 Å². The number of fused-ring (bicyclic) bond motifs is 1. The van der Waals surface area contributed by atoms with Crippen LogP contribution in [-0.2, 0) is 10.0 Å². The quantitative estimate of drug-likeness (QED) is 0.637. The maximum Gasteiger partial charge on any atom is 0.261 e. The van der Waals surface area contributed by atoms with Gasteiger partial charge in [-0.3, -0.25) is 14.5 Å². The highest BCUT2D eigenvalue weighted by Crippen LogP contribution is 2.24. The molecular formula is C20H22N4O3S. The second-order valence-electron chi connectivity index (χ2n) is 6.57. The van der Waals surface area contributed by atoms with Gasteiger partial charge >= 0.3 is 0 Å². The molecule has 0 aliphatic rings. The maximum atomic E-state index is 12.7. The number of sulfonamides is 1. The number of carbonyl (C=O) groups excluding carboxylic acids is 1. The number of hydrogen-bond acceptors (Lipinski definition) is 5. The number of pyridine rings is 1. The maximum absolute atomic E-state index is 12.7. The van der Waals surface area contributed by atoms with E-state index in [1.165, 1.54) is 24.3 Å². The lowest BCUT2D eigenvalue weighted by Gasteiger charge is -2.12. The normalized spacial score (nSPS) is 11.5. The van der Waals surface area contributed by atoms with E-state index in [1.807, 2.05) is 31.1 Å². The van der Waals surface area contributed by atoms with Crippen LogP contribution in [0.4, 0.5) is 5.69 Å². The topological polar surface area (TPSA) is 91.4 Å². The van der Waals surface area contributed by atoms with Gasteiger partial charge in [-0.05, 0) is 50.5 Å². The zero-order chi connectivity index (χ0) is 20.1. The molecule has 0 atom stereocenters. The molecule has 0 saturated heterocycles. The Labute approximate surface area is 164 Å². The van der Waals surface area contributed by atoms with Crippen molar-refractivity contribution >= 4 is 32.5 Å². The molecule has 0 aliphatic carbocycles. The molecular weight excluding hydrogens is 376 g/mol. The zero-order valence-electron chi connectivity index (χ0n) is 15.7. The van der Waals surface area contributed by atoms with E-state index in [-0.39, 0.29) is 10.8 Å². The summed E-state index contributed by atoms with van der Waals surface area (Å²) in [5, 5.41) is 3.63. The fourth-order valence-corrected chi connectivity index (χ4v) is 3.74. The van der Waals surface area contributed by atoms with Crippen molar-refractivity contribution in [1.29, 1.82) is 0 Å². The predicted molar refractivity (Wildman–Crippen MR) is 110 cm³/mol. The number of rotatable bonds is 7. The number of anilines is 1. The first-order valence-corrected chi connectivity index (χ1v) is 10.2. The van der Waals surface area contributed by atoms with Crippen molar-refractivity contribution in [2.45, 2.75) is 4.90 Å². The van der Waals surface area contributed by atoms with Gasteiger partial charge in [0.05, 0.1) is 16.1 Å². The van der Waals surface area contributed by atoms with E-state index in [0.717, 1.165) is 11.9 Å². The van der Waals surface area contributed by atoms with Gasteiger partial charge in [0, 0.05) is 30.2 Å². The zero-order valence-corrected chi connectivity index (χ0v) is 16.5. The summed E-state index contributed by atoms with van der Waals surface area (Å²) >= 11 is 0. The molecule has 0 aliphatic heterocycles. The third-order valence-corrected chi connectivity index (χ3v) is 5.53. The summed E-state index contributed by atoms with van der Waals surface area (Å²) in [5.74, 6) is -0.239. The van der Waals surface area contributed by atoms with E-state index < -0.39 is 10.0 Å². The average molecular weight is 398 g/mol. The molecule has 0 unspecified atom stereocenters. The minimum absolute atomic E-state index is 0.0743. The summed E-state index contributed by atoms with van der Waals surface area (Å²) in [6.07, 6.45) is 1.61. The number of amides is 1. The first-order chi connectivity index (χ1) is 13.4. The molecule has 0 radical (unpaired) electrons. The molecule has 0 saturated carbocycles. The Kier molecular flexibility index (Phi) is 5.91. The van der Waals surface area contributed by atoms with Gasteiger partial charge in [0.1, 0.15) is 0 Å². The fraction of sp³-hybridized carbons (Fsp3) is 0.200. The van der Waals surface area contributed by atoms with Gasteiger partial charge in [-0.1, -0.05) is 18.2 Å². The number of para-hydroxylation sites is 1. The highest BCUT2D eigenvalue weighted by Gasteiger charge is 2.17. The minimum Gasteiger partial charge on any atom is -0.351 e. The molecule has 0 fully saturated rings. The van der Waals surface area contributed by atoms with Crippen LogP contribution in [0.2, 0.25) is 0 Å². The Balaban J connectivity index is 1.76. The molecule has 146 valence electrons. The van der Waals surface area contributed by atoms with Gasteiger partial charge in [0.2, 0.25) is 0 Å². The molecule has 1 aromatic heterocycles. The van der Waals surface area contributed by atoms with Crippen LogP contribution in [-0.4, -0.2) is 51.4 Å². The van der Waals surface area contributed by atoms with Gasteiger partial charge in [0.25, 0.3) is 15.9 Å². The Hall–Kier alpha value is -2.97. The van der Waals surface area contributed by atoms with E-state index in [4.69, 9.17) is 0 Å². The summed E-state index contributed by atoms with van der Waals surface area (Å²) in [5.41, 5.74) is 1.39. The van der Waals surface area contributed by atoms with E-state index in [0.29, 0.717) is 23.3 Å². The molecule has 1 heterocycles. The highest BCUT2D eigenvalue weighted by atomic mass is 32.2. The SMILES string of the molecule is CN(C)CCNC(=O)c1ccc(S(=O)(=O)Nc2cccc3cccnc23)cc1. The van der Waals surface area contributed by atoms with Crippen LogP contribution in [0, 0.1) is 0 Å². The Morgan fingerprint density at radius 1 is 1.04 bits per heavy atom. The third-order valence-electron chi connectivity index (χ3n) is 4.15. The van der Waals surface area contributed by atoms with Gasteiger partial charge < -0.3 is 10.2 Å². The van der Waals surface area contributed by atoms with Crippen molar-refractivity contribution in [2.24, 2.45) is 0 Å². The van der Waals surface area contributed by atoms with E-state index in [9.17, 15) is 13.2 Å². The van der Waals surface area contributed by atoms with Gasteiger partial charge in [0.15, 0.2) is 0 Å². The molecule has 2 aromatic carbocycles. The largest absolute Gasteiger partial charge is 0.351 e. The lowest BCUT2D eigenvalue weighted by atomic mass is 10.2. The van der Waals surface area contributed by atoms with Crippen molar-refractivity contribution in [2.75, 3.05) is 31.9 Å². The van der Waals surface area contributed by atoms with Crippen molar-refractivity contribution in [3.05, 3.63) is 66.4 Å². The smallest absolute Gasteiger partial charge is 0.261 e. The van der Waals surface area contributed by atoms with Crippen LogP contribution in [0.1, 0.15) is 10.4 Å². The summed E-state index contributed by atoms with van der Waals surface area (Å²) in [6, 6.07) is 14.8. The Morgan fingerprint density at radius 3 is 2.46 bits per heavy atom. The van der Waals surface area contributed by atoms with Crippen LogP contribution in [0.5, 0.6) is 0 Å². The van der Waals surface area contributed by atoms with Crippen molar-refractivity contribution in [3.8, 4) is 0 Å². The van der Waals surface area contributed by atoms with Crippen molar-refractivity contribution in [3.63, 3.8) is 0 Å². The number of nitrogens with zero attached hydrogens (tertiary/aromatic N) is 2. The number of carbonyl (C=O) groups is 1. The Bertz CT molecular complexity index is 1070. The molecule has 8 heteroatoms. The molecule has 1 amide bonds. The number of nitrogens with one attached hydrogen (secondary N) is 2. The van der Waals surface area contributed by atoms with Crippen molar-refractivity contribution < 1.29 is 13.2 Å². The minimum atomic E-state index is -3.80. The molecule has 0 bridgehead atoms. The molecule has 3 rings (SSSR count). The van der Waals surface area contributed by atoms with Crippen LogP contribution in [0.15, 0.2) is 65.7 Å². The van der Waals surface area contributed by atoms with E-state index in [2.05, 4.69) is 15.0 Å². The average Bonchev–Trinajstić information content (AvgIpc) is 2.68. The first-order valence-electron chi connectivity index (χ1n) is 8.76. The molecule has 2 N–H and O–H groups in total. The van der Waals surface area contributed by atoms with E-state index >= 15 is 0 Å². The van der Waals surface area contributed by atoms with Crippen LogP contribution in [0.25, 0.3) is 10.9 Å².